The standard InChI is InChI=1S/C25H26N2O4/c1-16-5-6-17(2)23(15-16)27-24(28)18(3)31-22-11-7-19(8-12-22)25(29)26-20-9-13-21(30-4)14-10-20/h5-15,18H,1-4H3,(H,26,29)(H,27,28)/t18-/m0/s1. The van der Waals surface area contributed by atoms with Crippen LogP contribution in [0.3, 0.4) is 0 Å². The van der Waals surface area contributed by atoms with E-state index >= 15 is 0 Å². The fourth-order valence-electron chi connectivity index (χ4n) is 2.93. The first-order valence-electron chi connectivity index (χ1n) is 9.96. The Bertz CT molecular complexity index is 1060. The maximum Gasteiger partial charge on any atom is 0.265 e. The molecule has 0 unspecified atom stereocenters. The molecule has 6 nitrogen and oxygen atoms in total. The van der Waals surface area contributed by atoms with E-state index in [0.29, 0.717) is 17.0 Å². The van der Waals surface area contributed by atoms with Gasteiger partial charge in [0.25, 0.3) is 11.8 Å². The second-order valence-corrected chi connectivity index (χ2v) is 7.27. The van der Waals surface area contributed by atoms with Crippen LogP contribution in [0, 0.1) is 13.8 Å². The van der Waals surface area contributed by atoms with Gasteiger partial charge >= 0.3 is 0 Å². The molecule has 3 rings (SSSR count). The number of ether oxygens (including phenoxy) is 2. The van der Waals surface area contributed by atoms with Crippen molar-refractivity contribution in [3.63, 3.8) is 0 Å². The summed E-state index contributed by atoms with van der Waals surface area (Å²) in [6.07, 6.45) is -0.695. The normalized spacial score (nSPS) is 11.4. The Hall–Kier alpha value is -3.80. The fourth-order valence-corrected chi connectivity index (χ4v) is 2.93. The predicted molar refractivity (Wildman–Crippen MR) is 122 cm³/mol. The molecule has 3 aromatic carbocycles. The first-order valence-corrected chi connectivity index (χ1v) is 9.96. The number of methoxy groups -OCH3 is 1. The minimum atomic E-state index is -0.695. The van der Waals surface area contributed by atoms with E-state index in [2.05, 4.69) is 10.6 Å². The fraction of sp³-hybridized carbons (Fsp3) is 0.200. The van der Waals surface area contributed by atoms with Crippen LogP contribution in [0.15, 0.2) is 66.7 Å². The van der Waals surface area contributed by atoms with E-state index in [1.165, 1.54) is 0 Å². The molecular formula is C25H26N2O4. The lowest BCUT2D eigenvalue weighted by molar-refractivity contribution is -0.122. The Morgan fingerprint density at radius 1 is 0.839 bits per heavy atom. The number of benzene rings is 3. The molecule has 6 heteroatoms. The molecule has 1 atom stereocenters. The molecule has 2 N–H and O–H groups in total. The first-order chi connectivity index (χ1) is 14.9. The van der Waals surface area contributed by atoms with Crippen molar-refractivity contribution in [3.05, 3.63) is 83.4 Å². The number of hydrogen-bond acceptors (Lipinski definition) is 4. The topological polar surface area (TPSA) is 76.7 Å². The van der Waals surface area contributed by atoms with Gasteiger partial charge in [-0.1, -0.05) is 12.1 Å². The minimum Gasteiger partial charge on any atom is -0.497 e. The van der Waals surface area contributed by atoms with Crippen molar-refractivity contribution < 1.29 is 19.1 Å². The summed E-state index contributed by atoms with van der Waals surface area (Å²) in [7, 11) is 1.59. The monoisotopic (exact) mass is 418 g/mol. The smallest absolute Gasteiger partial charge is 0.265 e. The number of amides is 2. The summed E-state index contributed by atoms with van der Waals surface area (Å²) >= 11 is 0. The highest BCUT2D eigenvalue weighted by Gasteiger charge is 2.16. The van der Waals surface area contributed by atoms with Crippen LogP contribution in [-0.4, -0.2) is 25.0 Å². The molecule has 0 saturated heterocycles. The lowest BCUT2D eigenvalue weighted by atomic mass is 10.1. The number of aryl methyl sites for hydroxylation is 2. The molecule has 31 heavy (non-hydrogen) atoms. The highest BCUT2D eigenvalue weighted by molar-refractivity contribution is 6.04. The van der Waals surface area contributed by atoms with Crippen molar-refractivity contribution in [2.45, 2.75) is 26.9 Å². The van der Waals surface area contributed by atoms with E-state index < -0.39 is 6.10 Å². The van der Waals surface area contributed by atoms with Gasteiger partial charge in [0.05, 0.1) is 7.11 Å². The molecule has 3 aromatic rings. The number of hydrogen-bond donors (Lipinski definition) is 2. The summed E-state index contributed by atoms with van der Waals surface area (Å²) in [5.41, 5.74) is 3.97. The Labute approximate surface area is 182 Å². The molecule has 0 aliphatic rings. The number of carbonyl (C=O) groups excluding carboxylic acids is 2. The summed E-state index contributed by atoms with van der Waals surface area (Å²) in [6.45, 7) is 5.60. The third-order valence-corrected chi connectivity index (χ3v) is 4.80. The zero-order valence-electron chi connectivity index (χ0n) is 18.1. The van der Waals surface area contributed by atoms with E-state index in [-0.39, 0.29) is 11.8 Å². The molecule has 0 spiro atoms. The second kappa shape index (κ2) is 9.80. The van der Waals surface area contributed by atoms with Gasteiger partial charge in [0, 0.05) is 16.9 Å². The molecule has 0 fully saturated rings. The predicted octanol–water partition coefficient (Wildman–Crippen LogP) is 4.97. The molecule has 2 amide bonds. The lowest BCUT2D eigenvalue weighted by Gasteiger charge is -2.16. The van der Waals surface area contributed by atoms with Crippen molar-refractivity contribution in [1.82, 2.24) is 0 Å². The van der Waals surface area contributed by atoms with Gasteiger partial charge in [-0.05, 0) is 86.5 Å². The van der Waals surface area contributed by atoms with Gasteiger partial charge in [0.2, 0.25) is 0 Å². The molecule has 0 saturated carbocycles. The van der Waals surface area contributed by atoms with Gasteiger partial charge < -0.3 is 20.1 Å². The lowest BCUT2D eigenvalue weighted by Crippen LogP contribution is -2.30. The highest BCUT2D eigenvalue weighted by Crippen LogP contribution is 2.20. The van der Waals surface area contributed by atoms with Crippen molar-refractivity contribution in [2.24, 2.45) is 0 Å². The molecule has 0 aliphatic carbocycles. The van der Waals surface area contributed by atoms with Gasteiger partial charge in [-0.15, -0.1) is 0 Å². The van der Waals surface area contributed by atoms with Gasteiger partial charge in [0.15, 0.2) is 6.10 Å². The van der Waals surface area contributed by atoms with Crippen LogP contribution in [-0.2, 0) is 4.79 Å². The van der Waals surface area contributed by atoms with Gasteiger partial charge in [0.1, 0.15) is 11.5 Å². The maximum atomic E-state index is 12.5. The highest BCUT2D eigenvalue weighted by atomic mass is 16.5. The third kappa shape index (κ3) is 5.85. The van der Waals surface area contributed by atoms with Crippen LogP contribution in [0.5, 0.6) is 11.5 Å². The molecule has 0 radical (unpaired) electrons. The van der Waals surface area contributed by atoms with Gasteiger partial charge in [-0.3, -0.25) is 9.59 Å². The van der Waals surface area contributed by atoms with Crippen LogP contribution < -0.4 is 20.1 Å². The Morgan fingerprint density at radius 3 is 2.13 bits per heavy atom. The van der Waals surface area contributed by atoms with Crippen LogP contribution in [0.2, 0.25) is 0 Å². The zero-order valence-corrected chi connectivity index (χ0v) is 18.1. The quantitative estimate of drug-likeness (QED) is 0.568. The summed E-state index contributed by atoms with van der Waals surface area (Å²) in [5.74, 6) is 0.743. The van der Waals surface area contributed by atoms with E-state index in [4.69, 9.17) is 9.47 Å². The SMILES string of the molecule is COc1ccc(NC(=O)c2ccc(O[C@@H](C)C(=O)Nc3cc(C)ccc3C)cc2)cc1. The second-order valence-electron chi connectivity index (χ2n) is 7.27. The van der Waals surface area contributed by atoms with Crippen LogP contribution >= 0.6 is 0 Å². The van der Waals surface area contributed by atoms with Crippen molar-refractivity contribution in [1.29, 1.82) is 0 Å². The van der Waals surface area contributed by atoms with Gasteiger partial charge in [-0.25, -0.2) is 0 Å². The third-order valence-electron chi connectivity index (χ3n) is 4.80. The van der Waals surface area contributed by atoms with Crippen LogP contribution in [0.25, 0.3) is 0 Å². The summed E-state index contributed by atoms with van der Waals surface area (Å²) in [5, 5.41) is 5.72. The van der Waals surface area contributed by atoms with E-state index in [1.54, 1.807) is 62.6 Å². The molecule has 0 aromatic heterocycles. The zero-order chi connectivity index (χ0) is 22.4. The van der Waals surface area contributed by atoms with Crippen molar-refractivity contribution in [3.8, 4) is 11.5 Å². The number of anilines is 2. The summed E-state index contributed by atoms with van der Waals surface area (Å²) in [4.78, 5) is 24.9. The molecule has 160 valence electrons. The van der Waals surface area contributed by atoms with Gasteiger partial charge in [-0.2, -0.15) is 0 Å². The Morgan fingerprint density at radius 2 is 1.48 bits per heavy atom. The average Bonchev–Trinajstić information content (AvgIpc) is 2.77. The number of nitrogens with one attached hydrogen (secondary N) is 2. The Kier molecular flexibility index (Phi) is 6.92. The van der Waals surface area contributed by atoms with Crippen molar-refractivity contribution >= 4 is 23.2 Å². The molecule has 0 bridgehead atoms. The maximum absolute atomic E-state index is 12.5. The average molecular weight is 418 g/mol. The van der Waals surface area contributed by atoms with E-state index in [9.17, 15) is 9.59 Å². The van der Waals surface area contributed by atoms with Crippen LogP contribution in [0.1, 0.15) is 28.4 Å². The minimum absolute atomic E-state index is 0.238. The van der Waals surface area contributed by atoms with E-state index in [1.807, 2.05) is 32.0 Å². The van der Waals surface area contributed by atoms with Crippen molar-refractivity contribution in [2.75, 3.05) is 17.7 Å². The summed E-state index contributed by atoms with van der Waals surface area (Å²) in [6, 6.07) is 19.6. The largest absolute Gasteiger partial charge is 0.497 e. The summed E-state index contributed by atoms with van der Waals surface area (Å²) < 4.78 is 10.8. The first kappa shape index (κ1) is 21.9. The molecular weight excluding hydrogens is 392 g/mol. The molecule has 0 aliphatic heterocycles. The number of carbonyl (C=O) groups is 2. The Balaban J connectivity index is 1.58. The molecule has 0 heterocycles. The van der Waals surface area contributed by atoms with Crippen LogP contribution in [0.4, 0.5) is 11.4 Å². The number of rotatable bonds is 7. The van der Waals surface area contributed by atoms with E-state index in [0.717, 1.165) is 22.6 Å².